The number of nitrogens with two attached hydrogens (primary N) is 1. The van der Waals surface area contributed by atoms with Gasteiger partial charge in [0, 0.05) is 31.2 Å². The SMILES string of the molecule is COc1cc(C[NH2+]CCCSc2nnnn2C)ccc1OCCc1ccccc1. The summed E-state index contributed by atoms with van der Waals surface area (Å²) in [7, 11) is 3.54. The second-order valence-corrected chi connectivity index (χ2v) is 7.70. The lowest BCUT2D eigenvalue weighted by atomic mass is 10.1. The van der Waals surface area contributed by atoms with Crippen LogP contribution in [0.3, 0.4) is 0 Å². The quantitative estimate of drug-likeness (QED) is 0.361. The van der Waals surface area contributed by atoms with Gasteiger partial charge in [0.15, 0.2) is 11.5 Å². The van der Waals surface area contributed by atoms with Crippen LogP contribution in [-0.2, 0) is 20.0 Å². The van der Waals surface area contributed by atoms with Gasteiger partial charge in [0.05, 0.1) is 20.3 Å². The average Bonchev–Trinajstić information content (AvgIpc) is 3.16. The lowest BCUT2D eigenvalue weighted by molar-refractivity contribution is -0.670. The highest BCUT2D eigenvalue weighted by Crippen LogP contribution is 2.28. The third kappa shape index (κ3) is 6.76. The molecule has 3 rings (SSSR count). The molecule has 154 valence electrons. The molecule has 0 bridgehead atoms. The van der Waals surface area contributed by atoms with Gasteiger partial charge in [-0.05, 0) is 34.2 Å². The second-order valence-electron chi connectivity index (χ2n) is 6.64. The first kappa shape index (κ1) is 21.1. The summed E-state index contributed by atoms with van der Waals surface area (Å²) in [5.74, 6) is 2.58. The van der Waals surface area contributed by atoms with Crippen LogP contribution in [-0.4, -0.2) is 46.2 Å². The van der Waals surface area contributed by atoms with E-state index in [4.69, 9.17) is 9.47 Å². The Balaban J connectivity index is 1.38. The van der Waals surface area contributed by atoms with Gasteiger partial charge in [0.25, 0.3) is 0 Å². The minimum Gasteiger partial charge on any atom is -0.493 e. The van der Waals surface area contributed by atoms with Crippen molar-refractivity contribution in [3.8, 4) is 11.5 Å². The fourth-order valence-corrected chi connectivity index (χ4v) is 3.70. The number of ether oxygens (including phenoxy) is 2. The molecule has 0 aliphatic rings. The van der Waals surface area contributed by atoms with Crippen LogP contribution in [0.4, 0.5) is 0 Å². The molecule has 0 radical (unpaired) electrons. The molecule has 0 spiro atoms. The van der Waals surface area contributed by atoms with Crippen LogP contribution < -0.4 is 14.8 Å². The van der Waals surface area contributed by atoms with Gasteiger partial charge >= 0.3 is 0 Å². The summed E-state index contributed by atoms with van der Waals surface area (Å²) >= 11 is 1.68. The molecule has 3 aromatic rings. The van der Waals surface area contributed by atoms with Crippen molar-refractivity contribution >= 4 is 11.8 Å². The van der Waals surface area contributed by atoms with E-state index in [9.17, 15) is 0 Å². The molecule has 0 saturated carbocycles. The summed E-state index contributed by atoms with van der Waals surface area (Å²) in [5.41, 5.74) is 2.49. The molecule has 2 aromatic carbocycles. The minimum atomic E-state index is 0.630. The Kier molecular flexibility index (Phi) is 8.33. The van der Waals surface area contributed by atoms with Crippen LogP contribution >= 0.6 is 11.8 Å². The molecule has 0 atom stereocenters. The maximum atomic E-state index is 5.93. The first-order chi connectivity index (χ1) is 14.3. The molecule has 7 nitrogen and oxygen atoms in total. The van der Waals surface area contributed by atoms with Crippen molar-refractivity contribution in [2.45, 2.75) is 24.5 Å². The third-order valence-electron chi connectivity index (χ3n) is 4.46. The molecule has 1 heterocycles. The highest BCUT2D eigenvalue weighted by molar-refractivity contribution is 7.99. The third-order valence-corrected chi connectivity index (χ3v) is 5.56. The largest absolute Gasteiger partial charge is 0.493 e. The summed E-state index contributed by atoms with van der Waals surface area (Å²) < 4.78 is 13.2. The first-order valence-corrected chi connectivity index (χ1v) is 10.8. The summed E-state index contributed by atoms with van der Waals surface area (Å²) in [6.45, 7) is 2.59. The number of aryl methyl sites for hydroxylation is 1. The number of aromatic nitrogens is 4. The van der Waals surface area contributed by atoms with Gasteiger partial charge in [0.1, 0.15) is 6.54 Å². The number of thioether (sulfide) groups is 1. The Morgan fingerprint density at radius 2 is 1.93 bits per heavy atom. The van der Waals surface area contributed by atoms with Crippen molar-refractivity contribution in [3.63, 3.8) is 0 Å². The van der Waals surface area contributed by atoms with Gasteiger partial charge in [-0.2, -0.15) is 0 Å². The second kappa shape index (κ2) is 11.4. The van der Waals surface area contributed by atoms with E-state index in [1.807, 2.05) is 31.3 Å². The van der Waals surface area contributed by atoms with Crippen molar-refractivity contribution in [1.29, 1.82) is 0 Å². The van der Waals surface area contributed by atoms with E-state index in [0.29, 0.717) is 6.61 Å². The molecule has 8 heteroatoms. The minimum absolute atomic E-state index is 0.630. The predicted molar refractivity (Wildman–Crippen MR) is 113 cm³/mol. The molecule has 1 aromatic heterocycles. The molecule has 0 aliphatic heterocycles. The molecule has 0 amide bonds. The van der Waals surface area contributed by atoms with Crippen LogP contribution in [0.5, 0.6) is 11.5 Å². The summed E-state index contributed by atoms with van der Waals surface area (Å²) in [6, 6.07) is 16.5. The van der Waals surface area contributed by atoms with Crippen molar-refractivity contribution in [1.82, 2.24) is 20.2 Å². The normalized spacial score (nSPS) is 10.8. The van der Waals surface area contributed by atoms with Gasteiger partial charge in [-0.15, -0.1) is 5.10 Å². The lowest BCUT2D eigenvalue weighted by Crippen LogP contribution is -2.82. The monoisotopic (exact) mass is 414 g/mol. The number of hydrogen-bond acceptors (Lipinski definition) is 6. The van der Waals surface area contributed by atoms with E-state index in [-0.39, 0.29) is 0 Å². The van der Waals surface area contributed by atoms with Gasteiger partial charge in [-0.25, -0.2) is 4.68 Å². The van der Waals surface area contributed by atoms with Gasteiger partial charge in [-0.1, -0.05) is 42.1 Å². The van der Waals surface area contributed by atoms with Gasteiger partial charge < -0.3 is 14.8 Å². The fourth-order valence-electron chi connectivity index (χ4n) is 2.89. The lowest BCUT2D eigenvalue weighted by Gasteiger charge is -2.12. The fraction of sp³-hybridized carbons (Fsp3) is 0.381. The number of methoxy groups -OCH3 is 1. The van der Waals surface area contributed by atoms with Crippen LogP contribution in [0.15, 0.2) is 53.7 Å². The van der Waals surface area contributed by atoms with E-state index in [1.165, 1.54) is 11.1 Å². The van der Waals surface area contributed by atoms with E-state index in [2.05, 4.69) is 45.1 Å². The van der Waals surface area contributed by atoms with E-state index in [1.54, 1.807) is 23.6 Å². The molecule has 2 N–H and O–H groups in total. The Labute approximate surface area is 175 Å². The zero-order valence-corrected chi connectivity index (χ0v) is 17.8. The van der Waals surface area contributed by atoms with Crippen molar-refractivity contribution in [3.05, 3.63) is 59.7 Å². The zero-order chi connectivity index (χ0) is 20.3. The number of tetrazole rings is 1. The van der Waals surface area contributed by atoms with E-state index < -0.39 is 0 Å². The molecular weight excluding hydrogens is 386 g/mol. The van der Waals surface area contributed by atoms with Crippen LogP contribution in [0, 0.1) is 0 Å². The number of quaternary nitrogens is 1. The van der Waals surface area contributed by atoms with Gasteiger partial charge in [0.2, 0.25) is 5.16 Å². The number of benzene rings is 2. The maximum Gasteiger partial charge on any atom is 0.209 e. The number of rotatable bonds is 12. The number of nitrogens with zero attached hydrogens (tertiary/aromatic N) is 4. The molecule has 0 fully saturated rings. The molecule has 0 saturated heterocycles. The molecule has 0 unspecified atom stereocenters. The van der Waals surface area contributed by atoms with Crippen LogP contribution in [0.1, 0.15) is 17.5 Å². The Morgan fingerprint density at radius 1 is 1.07 bits per heavy atom. The topological polar surface area (TPSA) is 78.7 Å². The molecule has 0 aliphatic carbocycles. The molecule has 29 heavy (non-hydrogen) atoms. The Morgan fingerprint density at radius 3 is 2.69 bits per heavy atom. The Hall–Kier alpha value is -2.58. The Bertz CT molecular complexity index is 873. The van der Waals surface area contributed by atoms with Gasteiger partial charge in [-0.3, -0.25) is 0 Å². The standard InChI is InChI=1S/C21H27N5O2S/c1-26-21(23-24-25-26)29-14-6-12-22-16-18-9-10-19(20(15-18)27-2)28-13-11-17-7-4-3-5-8-17/h3-5,7-10,15,22H,6,11-14,16H2,1-2H3/p+1. The van der Waals surface area contributed by atoms with E-state index in [0.717, 1.165) is 48.3 Å². The van der Waals surface area contributed by atoms with Crippen molar-refractivity contribution in [2.24, 2.45) is 7.05 Å². The van der Waals surface area contributed by atoms with Crippen LogP contribution in [0.2, 0.25) is 0 Å². The maximum absolute atomic E-state index is 5.93. The average molecular weight is 415 g/mol. The van der Waals surface area contributed by atoms with Crippen LogP contribution in [0.25, 0.3) is 0 Å². The highest BCUT2D eigenvalue weighted by Gasteiger charge is 2.08. The first-order valence-electron chi connectivity index (χ1n) is 9.76. The highest BCUT2D eigenvalue weighted by atomic mass is 32.2. The predicted octanol–water partition coefficient (Wildman–Crippen LogP) is 2.09. The molecular formula is C21H28N5O2S+. The summed E-state index contributed by atoms with van der Waals surface area (Å²) in [5, 5.41) is 14.6. The number of hydrogen-bond donors (Lipinski definition) is 1. The summed E-state index contributed by atoms with van der Waals surface area (Å²) in [4.78, 5) is 0. The zero-order valence-electron chi connectivity index (χ0n) is 17.0. The summed E-state index contributed by atoms with van der Waals surface area (Å²) in [6.07, 6.45) is 1.97. The van der Waals surface area contributed by atoms with E-state index >= 15 is 0 Å². The van der Waals surface area contributed by atoms with Crippen molar-refractivity contribution < 1.29 is 14.8 Å². The van der Waals surface area contributed by atoms with Crippen molar-refractivity contribution in [2.75, 3.05) is 26.0 Å². The smallest absolute Gasteiger partial charge is 0.209 e.